The number of aryl methyl sites for hydroxylation is 1. The van der Waals surface area contributed by atoms with Crippen molar-refractivity contribution in [3.05, 3.63) is 46.8 Å². The minimum Gasteiger partial charge on any atom is -0.469 e. The topological polar surface area (TPSA) is 70.1 Å². The van der Waals surface area contributed by atoms with Crippen LogP contribution < -0.4 is 5.73 Å². The maximum Gasteiger partial charge on any atom is 0.408 e. The standard InChI is InChI=1S/C18H22F3N3O2/c1-3-4-15-14(9-12-5-7-13(22)8-6-12)16(10-17(25)26-2)24(23-15)11-18(19,20)21/h5-8H,3-4,9-11,22H2,1-2H3. The van der Waals surface area contributed by atoms with Crippen molar-refractivity contribution < 1.29 is 22.7 Å². The van der Waals surface area contributed by atoms with Gasteiger partial charge in [0.15, 0.2) is 0 Å². The number of nitrogen functional groups attached to an aromatic ring is 1. The quantitative estimate of drug-likeness (QED) is 0.601. The maximum atomic E-state index is 12.9. The van der Waals surface area contributed by atoms with Gasteiger partial charge in [-0.3, -0.25) is 9.48 Å². The van der Waals surface area contributed by atoms with Crippen LogP contribution in [0.5, 0.6) is 0 Å². The first-order chi connectivity index (χ1) is 12.2. The van der Waals surface area contributed by atoms with Crippen molar-refractivity contribution in [1.29, 1.82) is 0 Å². The van der Waals surface area contributed by atoms with E-state index in [-0.39, 0.29) is 12.1 Å². The third-order valence-corrected chi connectivity index (χ3v) is 3.97. The van der Waals surface area contributed by atoms with Crippen molar-refractivity contribution >= 4 is 11.7 Å². The predicted octanol–water partition coefficient (Wildman–Crippen LogP) is 3.29. The number of nitrogens with two attached hydrogens (primary N) is 1. The van der Waals surface area contributed by atoms with E-state index in [0.717, 1.165) is 16.7 Å². The number of rotatable bonds is 7. The average molecular weight is 369 g/mol. The summed E-state index contributed by atoms with van der Waals surface area (Å²) in [6, 6.07) is 7.09. The molecule has 0 atom stereocenters. The van der Waals surface area contributed by atoms with Crippen LogP contribution in [0.4, 0.5) is 18.9 Å². The minimum atomic E-state index is -4.43. The van der Waals surface area contributed by atoms with Crippen LogP contribution in [0.25, 0.3) is 0 Å². The largest absolute Gasteiger partial charge is 0.469 e. The second-order valence-corrected chi connectivity index (χ2v) is 6.07. The molecule has 0 bridgehead atoms. The number of aromatic nitrogens is 2. The molecule has 8 heteroatoms. The number of hydrogen-bond acceptors (Lipinski definition) is 4. The second-order valence-electron chi connectivity index (χ2n) is 6.07. The molecule has 0 saturated heterocycles. The molecule has 1 heterocycles. The molecule has 0 radical (unpaired) electrons. The highest BCUT2D eigenvalue weighted by Gasteiger charge is 2.32. The molecule has 2 rings (SSSR count). The summed E-state index contributed by atoms with van der Waals surface area (Å²) in [5.74, 6) is -0.602. The van der Waals surface area contributed by atoms with Crippen molar-refractivity contribution in [3.8, 4) is 0 Å². The molecule has 0 unspecified atom stereocenters. The van der Waals surface area contributed by atoms with Crippen LogP contribution >= 0.6 is 0 Å². The van der Waals surface area contributed by atoms with Gasteiger partial charge in [-0.2, -0.15) is 18.3 Å². The number of methoxy groups -OCH3 is 1. The molecule has 0 aliphatic rings. The Labute approximate surface area is 149 Å². The summed E-state index contributed by atoms with van der Waals surface area (Å²) in [7, 11) is 1.21. The number of carbonyl (C=O) groups is 1. The van der Waals surface area contributed by atoms with Crippen LogP contribution in [0.3, 0.4) is 0 Å². The number of esters is 1. The first-order valence-electron chi connectivity index (χ1n) is 8.29. The molecule has 1 aromatic carbocycles. The summed E-state index contributed by atoms with van der Waals surface area (Å²) in [6.45, 7) is 0.688. The molecule has 0 amide bonds. The maximum absolute atomic E-state index is 12.9. The monoisotopic (exact) mass is 369 g/mol. The van der Waals surface area contributed by atoms with E-state index in [2.05, 4.69) is 9.84 Å². The Morgan fingerprint density at radius 2 is 1.92 bits per heavy atom. The van der Waals surface area contributed by atoms with E-state index < -0.39 is 18.7 Å². The van der Waals surface area contributed by atoms with E-state index >= 15 is 0 Å². The molecule has 2 aromatic rings. The lowest BCUT2D eigenvalue weighted by atomic mass is 9.99. The van der Waals surface area contributed by atoms with Gasteiger partial charge in [0.05, 0.1) is 24.9 Å². The number of carbonyl (C=O) groups excluding carboxylic acids is 1. The highest BCUT2D eigenvalue weighted by atomic mass is 19.4. The zero-order valence-electron chi connectivity index (χ0n) is 14.8. The molecule has 0 aliphatic heterocycles. The van der Waals surface area contributed by atoms with E-state index in [1.54, 1.807) is 12.1 Å². The SMILES string of the molecule is CCCc1nn(CC(F)(F)F)c(CC(=O)OC)c1Cc1ccc(N)cc1. The van der Waals surface area contributed by atoms with Crippen molar-refractivity contribution in [1.82, 2.24) is 9.78 Å². The van der Waals surface area contributed by atoms with E-state index in [9.17, 15) is 18.0 Å². The Morgan fingerprint density at radius 1 is 1.27 bits per heavy atom. The number of alkyl halides is 3. The highest BCUT2D eigenvalue weighted by molar-refractivity contribution is 5.72. The Hall–Kier alpha value is -2.51. The number of benzene rings is 1. The normalized spacial score (nSPS) is 11.6. The number of ether oxygens (including phenoxy) is 1. The summed E-state index contributed by atoms with van der Waals surface area (Å²) in [6.07, 6.45) is -3.05. The smallest absolute Gasteiger partial charge is 0.408 e. The fraction of sp³-hybridized carbons (Fsp3) is 0.444. The van der Waals surface area contributed by atoms with Gasteiger partial charge in [-0.1, -0.05) is 25.5 Å². The summed E-state index contributed by atoms with van der Waals surface area (Å²) in [5, 5.41) is 4.15. The van der Waals surface area contributed by atoms with E-state index in [1.807, 2.05) is 19.1 Å². The van der Waals surface area contributed by atoms with Crippen LogP contribution in [0.15, 0.2) is 24.3 Å². The van der Waals surface area contributed by atoms with Crippen molar-refractivity contribution in [2.45, 2.75) is 45.3 Å². The van der Waals surface area contributed by atoms with Crippen molar-refractivity contribution in [2.24, 2.45) is 0 Å². The van der Waals surface area contributed by atoms with Gasteiger partial charge in [-0.25, -0.2) is 0 Å². The predicted molar refractivity (Wildman–Crippen MR) is 91.7 cm³/mol. The number of anilines is 1. The lowest BCUT2D eigenvalue weighted by Crippen LogP contribution is -2.22. The molecule has 0 saturated carbocycles. The van der Waals surface area contributed by atoms with Gasteiger partial charge in [0.2, 0.25) is 0 Å². The fourth-order valence-corrected chi connectivity index (χ4v) is 2.78. The molecule has 0 fully saturated rings. The highest BCUT2D eigenvalue weighted by Crippen LogP contribution is 2.25. The zero-order chi connectivity index (χ0) is 19.3. The van der Waals surface area contributed by atoms with Crippen LogP contribution in [0.2, 0.25) is 0 Å². The summed E-state index contributed by atoms with van der Waals surface area (Å²) in [4.78, 5) is 11.8. The number of nitrogens with zero attached hydrogens (tertiary/aromatic N) is 2. The van der Waals surface area contributed by atoms with Gasteiger partial charge >= 0.3 is 12.1 Å². The lowest BCUT2D eigenvalue weighted by Gasteiger charge is -2.11. The Bertz CT molecular complexity index is 752. The Balaban J connectivity index is 2.49. The molecule has 5 nitrogen and oxygen atoms in total. The van der Waals surface area contributed by atoms with Crippen molar-refractivity contribution in [3.63, 3.8) is 0 Å². The number of hydrogen-bond donors (Lipinski definition) is 1. The summed E-state index contributed by atoms with van der Waals surface area (Å²) in [5.41, 5.74) is 8.63. The van der Waals surface area contributed by atoms with Gasteiger partial charge < -0.3 is 10.5 Å². The molecule has 142 valence electrons. The molecule has 0 aliphatic carbocycles. The molecule has 1 aromatic heterocycles. The van der Waals surface area contributed by atoms with Gasteiger partial charge in [-0.15, -0.1) is 0 Å². The molecular weight excluding hydrogens is 347 g/mol. The number of halogens is 3. The van der Waals surface area contributed by atoms with Crippen molar-refractivity contribution in [2.75, 3.05) is 12.8 Å². The first-order valence-corrected chi connectivity index (χ1v) is 8.29. The zero-order valence-corrected chi connectivity index (χ0v) is 14.8. The van der Waals surface area contributed by atoms with E-state index in [0.29, 0.717) is 29.8 Å². The molecule has 0 spiro atoms. The third-order valence-electron chi connectivity index (χ3n) is 3.97. The van der Waals surface area contributed by atoms with Crippen LogP contribution in [-0.4, -0.2) is 29.0 Å². The molecular formula is C18H22F3N3O2. The first kappa shape index (κ1) is 19.8. The summed E-state index contributed by atoms with van der Waals surface area (Å²) < 4.78 is 44.4. The van der Waals surface area contributed by atoms with Crippen LogP contribution in [-0.2, 0) is 35.3 Å². The van der Waals surface area contributed by atoms with Gasteiger partial charge in [0, 0.05) is 17.7 Å². The van der Waals surface area contributed by atoms with Crippen LogP contribution in [0.1, 0.15) is 35.9 Å². The molecule has 26 heavy (non-hydrogen) atoms. The minimum absolute atomic E-state index is 0.245. The third kappa shape index (κ3) is 5.24. The van der Waals surface area contributed by atoms with E-state index in [1.165, 1.54) is 7.11 Å². The lowest BCUT2D eigenvalue weighted by molar-refractivity contribution is -0.145. The second kappa shape index (κ2) is 8.25. The van der Waals surface area contributed by atoms with Gasteiger partial charge in [0.25, 0.3) is 0 Å². The van der Waals surface area contributed by atoms with Gasteiger partial charge in [-0.05, 0) is 24.1 Å². The molecule has 2 N–H and O–H groups in total. The average Bonchev–Trinajstić information content (AvgIpc) is 2.85. The fourth-order valence-electron chi connectivity index (χ4n) is 2.78. The Kier molecular flexibility index (Phi) is 6.28. The van der Waals surface area contributed by atoms with Crippen LogP contribution in [0, 0.1) is 0 Å². The Morgan fingerprint density at radius 3 is 2.46 bits per heavy atom. The van der Waals surface area contributed by atoms with E-state index in [4.69, 9.17) is 5.73 Å². The van der Waals surface area contributed by atoms with Gasteiger partial charge in [0.1, 0.15) is 6.54 Å². The summed E-state index contributed by atoms with van der Waals surface area (Å²) >= 11 is 0.